The summed E-state index contributed by atoms with van der Waals surface area (Å²) >= 11 is 0. The van der Waals surface area contributed by atoms with Crippen LogP contribution in [0.2, 0.25) is 0 Å². The summed E-state index contributed by atoms with van der Waals surface area (Å²) in [5.74, 6) is 0.690. The van der Waals surface area contributed by atoms with Crippen LogP contribution in [-0.2, 0) is 4.74 Å². The lowest BCUT2D eigenvalue weighted by atomic mass is 10.1. The molecule has 0 aromatic heterocycles. The molecule has 1 fully saturated rings. The number of rotatable bonds is 6. The first kappa shape index (κ1) is 16.9. The Morgan fingerprint density at radius 1 is 1.32 bits per heavy atom. The predicted molar refractivity (Wildman–Crippen MR) is 84.4 cm³/mol. The zero-order chi connectivity index (χ0) is 16.1. The van der Waals surface area contributed by atoms with Crippen molar-refractivity contribution in [1.82, 2.24) is 4.90 Å². The van der Waals surface area contributed by atoms with E-state index in [1.54, 1.807) is 24.3 Å². The highest BCUT2D eigenvalue weighted by Crippen LogP contribution is 2.14. The molecule has 122 valence electrons. The van der Waals surface area contributed by atoms with Crippen molar-refractivity contribution in [2.75, 3.05) is 26.2 Å². The fourth-order valence-electron chi connectivity index (χ4n) is 2.76. The Morgan fingerprint density at radius 3 is 2.45 bits per heavy atom. The SMILES string of the molecule is CC(=O)c1ccc(OC[C@@H](O)CN2C[C@@H](C)O[C@H](C)C2)cc1. The van der Waals surface area contributed by atoms with Gasteiger partial charge in [0.1, 0.15) is 18.5 Å². The van der Waals surface area contributed by atoms with Gasteiger partial charge in [-0.1, -0.05) is 0 Å². The van der Waals surface area contributed by atoms with Crippen LogP contribution in [0.4, 0.5) is 0 Å². The molecule has 0 aliphatic carbocycles. The Labute approximate surface area is 131 Å². The van der Waals surface area contributed by atoms with Gasteiger partial charge in [-0.2, -0.15) is 0 Å². The molecule has 0 bridgehead atoms. The number of carbonyl (C=O) groups excluding carboxylic acids is 1. The van der Waals surface area contributed by atoms with Crippen molar-refractivity contribution >= 4 is 5.78 Å². The molecule has 5 nitrogen and oxygen atoms in total. The Balaban J connectivity index is 1.77. The molecule has 2 rings (SSSR count). The molecule has 0 amide bonds. The third kappa shape index (κ3) is 5.09. The van der Waals surface area contributed by atoms with E-state index in [2.05, 4.69) is 4.90 Å². The van der Waals surface area contributed by atoms with Crippen LogP contribution in [0.25, 0.3) is 0 Å². The molecule has 1 heterocycles. The van der Waals surface area contributed by atoms with E-state index in [1.807, 2.05) is 13.8 Å². The van der Waals surface area contributed by atoms with Crippen LogP contribution in [-0.4, -0.2) is 60.3 Å². The van der Waals surface area contributed by atoms with Crippen LogP contribution in [0.3, 0.4) is 0 Å². The maximum absolute atomic E-state index is 11.2. The van der Waals surface area contributed by atoms with E-state index in [4.69, 9.17) is 9.47 Å². The zero-order valence-electron chi connectivity index (χ0n) is 13.5. The molecule has 0 spiro atoms. The van der Waals surface area contributed by atoms with E-state index in [9.17, 15) is 9.90 Å². The fraction of sp³-hybridized carbons (Fsp3) is 0.588. The second kappa shape index (κ2) is 7.72. The van der Waals surface area contributed by atoms with E-state index >= 15 is 0 Å². The van der Waals surface area contributed by atoms with Gasteiger partial charge >= 0.3 is 0 Å². The van der Waals surface area contributed by atoms with Gasteiger partial charge in [-0.15, -0.1) is 0 Å². The van der Waals surface area contributed by atoms with Crippen LogP contribution in [0.1, 0.15) is 31.1 Å². The number of nitrogens with zero attached hydrogens (tertiary/aromatic N) is 1. The van der Waals surface area contributed by atoms with E-state index in [-0.39, 0.29) is 24.6 Å². The van der Waals surface area contributed by atoms with Gasteiger partial charge < -0.3 is 14.6 Å². The first-order valence-corrected chi connectivity index (χ1v) is 7.73. The number of hydrogen-bond donors (Lipinski definition) is 1. The minimum atomic E-state index is -0.551. The average Bonchev–Trinajstić information content (AvgIpc) is 2.44. The summed E-state index contributed by atoms with van der Waals surface area (Å²) in [6.45, 7) is 8.08. The molecular formula is C17H25NO4. The lowest BCUT2D eigenvalue weighted by molar-refractivity contribution is -0.0786. The van der Waals surface area contributed by atoms with Gasteiger partial charge in [0.25, 0.3) is 0 Å². The van der Waals surface area contributed by atoms with Gasteiger partial charge in [-0.3, -0.25) is 9.69 Å². The number of ketones is 1. The summed E-state index contributed by atoms with van der Waals surface area (Å²) in [7, 11) is 0. The number of β-amino-alcohol motifs (C(OH)–C–C–N with tert-alkyl or cyclic N) is 1. The van der Waals surface area contributed by atoms with E-state index in [0.717, 1.165) is 13.1 Å². The van der Waals surface area contributed by atoms with Crippen molar-refractivity contribution in [3.63, 3.8) is 0 Å². The molecule has 1 aliphatic heterocycles. The number of hydrogen-bond acceptors (Lipinski definition) is 5. The minimum Gasteiger partial charge on any atom is -0.491 e. The van der Waals surface area contributed by atoms with Gasteiger partial charge in [0.05, 0.1) is 12.2 Å². The Kier molecular flexibility index (Phi) is 5.94. The molecule has 1 aromatic carbocycles. The highest BCUT2D eigenvalue weighted by molar-refractivity contribution is 5.94. The van der Waals surface area contributed by atoms with Crippen molar-refractivity contribution in [3.8, 4) is 5.75 Å². The van der Waals surface area contributed by atoms with Crippen LogP contribution < -0.4 is 4.74 Å². The number of aliphatic hydroxyl groups is 1. The number of ether oxygens (including phenoxy) is 2. The summed E-state index contributed by atoms with van der Waals surface area (Å²) in [5, 5.41) is 10.1. The molecule has 5 heteroatoms. The topological polar surface area (TPSA) is 59.0 Å². The molecule has 22 heavy (non-hydrogen) atoms. The second-order valence-corrected chi connectivity index (χ2v) is 6.02. The quantitative estimate of drug-likeness (QED) is 0.811. The summed E-state index contributed by atoms with van der Waals surface area (Å²) in [5.41, 5.74) is 0.657. The van der Waals surface area contributed by atoms with Crippen molar-refractivity contribution in [3.05, 3.63) is 29.8 Å². The molecule has 0 unspecified atom stereocenters. The molecule has 1 aromatic rings. The van der Waals surface area contributed by atoms with Crippen LogP contribution in [0.5, 0.6) is 5.75 Å². The van der Waals surface area contributed by atoms with Crippen LogP contribution >= 0.6 is 0 Å². The minimum absolute atomic E-state index is 0.0298. The van der Waals surface area contributed by atoms with Crippen LogP contribution in [0, 0.1) is 0 Å². The third-order valence-corrected chi connectivity index (χ3v) is 3.67. The highest BCUT2D eigenvalue weighted by Gasteiger charge is 2.23. The lowest BCUT2D eigenvalue weighted by Gasteiger charge is -2.36. The number of Topliss-reactive ketones (excluding diaryl/α,β-unsaturated/α-hetero) is 1. The van der Waals surface area contributed by atoms with Crippen molar-refractivity contribution in [2.24, 2.45) is 0 Å². The normalized spacial score (nSPS) is 24.0. The summed E-state index contributed by atoms with van der Waals surface area (Å²) in [6.07, 6.45) is -0.169. The Morgan fingerprint density at radius 2 is 1.91 bits per heavy atom. The highest BCUT2D eigenvalue weighted by atomic mass is 16.5. The first-order chi connectivity index (χ1) is 10.4. The molecule has 1 N–H and O–H groups in total. The van der Waals surface area contributed by atoms with Gasteiger partial charge in [-0.25, -0.2) is 0 Å². The molecule has 0 saturated carbocycles. The van der Waals surface area contributed by atoms with Crippen molar-refractivity contribution < 1.29 is 19.4 Å². The number of benzene rings is 1. The Hall–Kier alpha value is -1.43. The second-order valence-electron chi connectivity index (χ2n) is 6.02. The molecule has 3 atom stereocenters. The standard InChI is InChI=1S/C17H25NO4/c1-12-8-18(9-13(2)22-12)10-16(20)11-21-17-6-4-15(5-7-17)14(3)19/h4-7,12-13,16,20H,8-11H2,1-3H3/t12-,13-,16+/m1/s1. The van der Waals surface area contributed by atoms with Gasteiger partial charge in [-0.05, 0) is 45.0 Å². The third-order valence-electron chi connectivity index (χ3n) is 3.67. The molecular weight excluding hydrogens is 282 g/mol. The fourth-order valence-corrected chi connectivity index (χ4v) is 2.76. The predicted octanol–water partition coefficient (Wildman–Crippen LogP) is 1.74. The molecule has 1 aliphatic rings. The van der Waals surface area contributed by atoms with E-state index in [1.165, 1.54) is 6.92 Å². The number of aliphatic hydroxyl groups excluding tert-OH is 1. The summed E-state index contributed by atoms with van der Waals surface area (Å²) < 4.78 is 11.3. The van der Waals surface area contributed by atoms with Gasteiger partial charge in [0.15, 0.2) is 5.78 Å². The monoisotopic (exact) mass is 307 g/mol. The van der Waals surface area contributed by atoms with Gasteiger partial charge in [0.2, 0.25) is 0 Å². The van der Waals surface area contributed by atoms with Crippen molar-refractivity contribution in [2.45, 2.75) is 39.1 Å². The van der Waals surface area contributed by atoms with Crippen LogP contribution in [0.15, 0.2) is 24.3 Å². The first-order valence-electron chi connectivity index (χ1n) is 7.73. The van der Waals surface area contributed by atoms with E-state index < -0.39 is 6.10 Å². The molecule has 1 saturated heterocycles. The average molecular weight is 307 g/mol. The van der Waals surface area contributed by atoms with Gasteiger partial charge in [0, 0.05) is 25.2 Å². The number of morpholine rings is 1. The summed E-state index contributed by atoms with van der Waals surface area (Å²) in [4.78, 5) is 13.4. The number of carbonyl (C=O) groups is 1. The zero-order valence-corrected chi connectivity index (χ0v) is 13.5. The lowest BCUT2D eigenvalue weighted by Crippen LogP contribution is -2.48. The van der Waals surface area contributed by atoms with E-state index in [0.29, 0.717) is 17.9 Å². The smallest absolute Gasteiger partial charge is 0.159 e. The van der Waals surface area contributed by atoms with Crippen molar-refractivity contribution in [1.29, 1.82) is 0 Å². The maximum atomic E-state index is 11.2. The summed E-state index contributed by atoms with van der Waals surface area (Å²) in [6, 6.07) is 6.97. The molecule has 0 radical (unpaired) electrons. The largest absolute Gasteiger partial charge is 0.491 e. The Bertz CT molecular complexity index is 478. The maximum Gasteiger partial charge on any atom is 0.159 e.